The molecular weight excluding hydrogens is 234 g/mol. The van der Waals surface area contributed by atoms with Gasteiger partial charge >= 0.3 is 0 Å². The van der Waals surface area contributed by atoms with Crippen LogP contribution in [0, 0.1) is 17.0 Å². The Morgan fingerprint density at radius 3 is 2.67 bits per heavy atom. The molecule has 6 heteroatoms. The van der Waals surface area contributed by atoms with E-state index in [2.05, 4.69) is 9.97 Å². The topological polar surface area (TPSA) is 78.2 Å². The molecule has 0 aliphatic rings. The highest BCUT2D eigenvalue weighted by Gasteiger charge is 2.10. The Balaban J connectivity index is 2.07. The van der Waals surface area contributed by atoms with Crippen LogP contribution in [0.15, 0.2) is 36.7 Å². The van der Waals surface area contributed by atoms with Crippen LogP contribution in [0.25, 0.3) is 0 Å². The minimum atomic E-state index is -0.417. The molecule has 0 aliphatic heterocycles. The highest BCUT2D eigenvalue weighted by atomic mass is 16.6. The zero-order valence-electron chi connectivity index (χ0n) is 9.74. The molecule has 2 aromatic rings. The van der Waals surface area contributed by atoms with Crippen molar-refractivity contribution in [3.8, 4) is 5.75 Å². The van der Waals surface area contributed by atoms with E-state index in [0.29, 0.717) is 17.1 Å². The number of rotatable bonds is 4. The Morgan fingerprint density at radius 1 is 1.33 bits per heavy atom. The standard InChI is InChI=1S/C12H11N3O3/c1-9-7-10(3-4-11(9)15(16)17)18-8-12-13-5-2-6-14-12/h2-7H,8H2,1H3. The van der Waals surface area contributed by atoms with Gasteiger partial charge in [-0.3, -0.25) is 10.1 Å². The molecule has 0 unspecified atom stereocenters. The van der Waals surface area contributed by atoms with Crippen LogP contribution in [-0.4, -0.2) is 14.9 Å². The first-order valence-corrected chi connectivity index (χ1v) is 5.30. The predicted octanol–water partition coefficient (Wildman–Crippen LogP) is 2.27. The second-order valence-corrected chi connectivity index (χ2v) is 3.66. The van der Waals surface area contributed by atoms with Gasteiger partial charge in [-0.05, 0) is 25.1 Å². The van der Waals surface area contributed by atoms with Crippen molar-refractivity contribution in [1.29, 1.82) is 0 Å². The Hall–Kier alpha value is -2.50. The number of nitro benzene ring substituents is 1. The van der Waals surface area contributed by atoms with Gasteiger partial charge in [0, 0.05) is 24.0 Å². The number of hydrogen-bond donors (Lipinski definition) is 0. The zero-order chi connectivity index (χ0) is 13.0. The summed E-state index contributed by atoms with van der Waals surface area (Å²) < 4.78 is 5.46. The highest BCUT2D eigenvalue weighted by molar-refractivity contribution is 5.44. The predicted molar refractivity (Wildman–Crippen MR) is 64.2 cm³/mol. The van der Waals surface area contributed by atoms with Crippen LogP contribution in [0.1, 0.15) is 11.4 Å². The molecule has 0 amide bonds. The van der Waals surface area contributed by atoms with Crippen LogP contribution in [0.4, 0.5) is 5.69 Å². The molecule has 2 rings (SSSR count). The fourth-order valence-corrected chi connectivity index (χ4v) is 1.47. The van der Waals surface area contributed by atoms with E-state index in [1.54, 1.807) is 37.5 Å². The van der Waals surface area contributed by atoms with E-state index >= 15 is 0 Å². The minimum Gasteiger partial charge on any atom is -0.486 e. The Labute approximate surface area is 103 Å². The van der Waals surface area contributed by atoms with E-state index in [4.69, 9.17) is 4.74 Å². The second kappa shape index (κ2) is 5.22. The van der Waals surface area contributed by atoms with E-state index in [9.17, 15) is 10.1 Å². The number of benzene rings is 1. The summed E-state index contributed by atoms with van der Waals surface area (Å²) in [6, 6.07) is 6.34. The SMILES string of the molecule is Cc1cc(OCc2ncccn2)ccc1[N+](=O)[O-]. The third kappa shape index (κ3) is 2.79. The van der Waals surface area contributed by atoms with Crippen molar-refractivity contribution in [2.45, 2.75) is 13.5 Å². The fraction of sp³-hybridized carbons (Fsp3) is 0.167. The van der Waals surface area contributed by atoms with Gasteiger partial charge in [-0.15, -0.1) is 0 Å². The summed E-state index contributed by atoms with van der Waals surface area (Å²) in [4.78, 5) is 18.3. The molecule has 6 nitrogen and oxygen atoms in total. The van der Waals surface area contributed by atoms with Crippen molar-refractivity contribution in [2.75, 3.05) is 0 Å². The van der Waals surface area contributed by atoms with E-state index in [1.165, 1.54) is 6.07 Å². The molecule has 0 spiro atoms. The van der Waals surface area contributed by atoms with Gasteiger partial charge in [-0.1, -0.05) is 0 Å². The maximum atomic E-state index is 10.7. The van der Waals surface area contributed by atoms with Gasteiger partial charge in [0.1, 0.15) is 12.4 Å². The summed E-state index contributed by atoms with van der Waals surface area (Å²) in [7, 11) is 0. The van der Waals surface area contributed by atoms with Crippen molar-refractivity contribution < 1.29 is 9.66 Å². The second-order valence-electron chi connectivity index (χ2n) is 3.66. The number of nitro groups is 1. The molecule has 0 fully saturated rings. The molecule has 0 saturated carbocycles. The number of aryl methyl sites for hydroxylation is 1. The largest absolute Gasteiger partial charge is 0.486 e. The molecule has 0 atom stereocenters. The zero-order valence-corrected chi connectivity index (χ0v) is 9.74. The first-order valence-electron chi connectivity index (χ1n) is 5.30. The molecule has 0 radical (unpaired) electrons. The lowest BCUT2D eigenvalue weighted by atomic mass is 10.2. The van der Waals surface area contributed by atoms with E-state index < -0.39 is 4.92 Å². The van der Waals surface area contributed by atoms with Crippen molar-refractivity contribution in [3.05, 3.63) is 58.2 Å². The number of nitrogens with zero attached hydrogens (tertiary/aromatic N) is 3. The van der Waals surface area contributed by atoms with Crippen LogP contribution in [-0.2, 0) is 6.61 Å². The van der Waals surface area contributed by atoms with Gasteiger partial charge in [-0.25, -0.2) is 9.97 Å². The average Bonchev–Trinajstić information content (AvgIpc) is 2.37. The monoisotopic (exact) mass is 245 g/mol. The van der Waals surface area contributed by atoms with Crippen LogP contribution in [0.5, 0.6) is 5.75 Å². The summed E-state index contributed by atoms with van der Waals surface area (Å²) >= 11 is 0. The average molecular weight is 245 g/mol. The van der Waals surface area contributed by atoms with Crippen molar-refractivity contribution in [2.24, 2.45) is 0 Å². The van der Waals surface area contributed by atoms with Gasteiger partial charge in [0.15, 0.2) is 5.82 Å². The number of aromatic nitrogens is 2. The van der Waals surface area contributed by atoms with E-state index in [1.807, 2.05) is 0 Å². The molecule has 1 aromatic heterocycles. The molecule has 18 heavy (non-hydrogen) atoms. The molecule has 0 saturated heterocycles. The molecule has 0 bridgehead atoms. The first-order chi connectivity index (χ1) is 8.66. The molecule has 0 N–H and O–H groups in total. The van der Waals surface area contributed by atoms with Crippen molar-refractivity contribution >= 4 is 5.69 Å². The molecule has 92 valence electrons. The summed E-state index contributed by atoms with van der Waals surface area (Å²) in [5.41, 5.74) is 0.643. The Morgan fingerprint density at radius 2 is 2.06 bits per heavy atom. The summed E-state index contributed by atoms with van der Waals surface area (Å²) in [5, 5.41) is 10.7. The van der Waals surface area contributed by atoms with Crippen LogP contribution in [0.3, 0.4) is 0 Å². The summed E-state index contributed by atoms with van der Waals surface area (Å²) in [6.07, 6.45) is 3.26. The van der Waals surface area contributed by atoms with Gasteiger partial charge < -0.3 is 4.74 Å². The number of ether oxygens (including phenoxy) is 1. The third-order valence-corrected chi connectivity index (χ3v) is 2.35. The maximum absolute atomic E-state index is 10.7. The van der Waals surface area contributed by atoms with Crippen molar-refractivity contribution in [1.82, 2.24) is 9.97 Å². The summed E-state index contributed by atoms with van der Waals surface area (Å²) in [6.45, 7) is 1.90. The minimum absolute atomic E-state index is 0.0818. The quantitative estimate of drug-likeness (QED) is 0.609. The summed E-state index contributed by atoms with van der Waals surface area (Å²) in [5.74, 6) is 1.12. The smallest absolute Gasteiger partial charge is 0.272 e. The van der Waals surface area contributed by atoms with Crippen molar-refractivity contribution in [3.63, 3.8) is 0 Å². The van der Waals surface area contributed by atoms with E-state index in [0.717, 1.165) is 0 Å². The lowest BCUT2D eigenvalue weighted by molar-refractivity contribution is -0.385. The third-order valence-electron chi connectivity index (χ3n) is 2.35. The Kier molecular flexibility index (Phi) is 3.47. The maximum Gasteiger partial charge on any atom is 0.272 e. The highest BCUT2D eigenvalue weighted by Crippen LogP contribution is 2.23. The van der Waals surface area contributed by atoms with Crippen LogP contribution >= 0.6 is 0 Å². The molecule has 1 aromatic carbocycles. The lowest BCUT2D eigenvalue weighted by Crippen LogP contribution is -2.01. The molecule has 1 heterocycles. The Bertz CT molecular complexity index is 558. The van der Waals surface area contributed by atoms with Gasteiger partial charge in [-0.2, -0.15) is 0 Å². The lowest BCUT2D eigenvalue weighted by Gasteiger charge is -2.05. The van der Waals surface area contributed by atoms with Gasteiger partial charge in [0.05, 0.1) is 4.92 Å². The normalized spacial score (nSPS) is 10.1. The molecule has 0 aliphatic carbocycles. The van der Waals surface area contributed by atoms with Crippen LogP contribution < -0.4 is 4.74 Å². The van der Waals surface area contributed by atoms with Gasteiger partial charge in [0.2, 0.25) is 0 Å². The van der Waals surface area contributed by atoms with Crippen LogP contribution in [0.2, 0.25) is 0 Å². The number of hydrogen-bond acceptors (Lipinski definition) is 5. The van der Waals surface area contributed by atoms with E-state index in [-0.39, 0.29) is 12.3 Å². The van der Waals surface area contributed by atoms with Gasteiger partial charge in [0.25, 0.3) is 5.69 Å². The molecular formula is C12H11N3O3. The first kappa shape index (κ1) is 12.0. The fourth-order valence-electron chi connectivity index (χ4n) is 1.47.